The predicted molar refractivity (Wildman–Crippen MR) is 160 cm³/mol. The number of nitrogens with zero attached hydrogens (tertiary/aromatic N) is 7. The fourth-order valence-electron chi connectivity index (χ4n) is 5.19. The van der Waals surface area contributed by atoms with Gasteiger partial charge in [0.05, 0.1) is 12.8 Å². The van der Waals surface area contributed by atoms with Crippen molar-refractivity contribution in [3.8, 4) is 28.2 Å². The van der Waals surface area contributed by atoms with Crippen LogP contribution in [0.1, 0.15) is 31.2 Å². The zero-order valence-corrected chi connectivity index (χ0v) is 23.8. The van der Waals surface area contributed by atoms with Crippen molar-refractivity contribution in [3.63, 3.8) is 0 Å². The van der Waals surface area contributed by atoms with Crippen LogP contribution in [0.5, 0.6) is 0 Å². The third kappa shape index (κ3) is 5.03. The lowest BCUT2D eigenvalue weighted by Crippen LogP contribution is -2.40. The molecule has 0 saturated carbocycles. The number of aromatic nitrogens is 8. The molecule has 3 aromatic heterocycles. The van der Waals surface area contributed by atoms with Gasteiger partial charge in [-0.15, -0.1) is 5.10 Å². The second kappa shape index (κ2) is 11.3. The summed E-state index contributed by atoms with van der Waals surface area (Å²) in [7, 11) is 1.25. The number of imidazole rings is 1. The summed E-state index contributed by atoms with van der Waals surface area (Å²) < 4.78 is 8.97. The highest BCUT2D eigenvalue weighted by molar-refractivity contribution is 5.80. The summed E-state index contributed by atoms with van der Waals surface area (Å²) in [6.07, 6.45) is 0. The second-order valence-electron chi connectivity index (χ2n) is 10.3. The molecule has 3 aromatic carbocycles. The summed E-state index contributed by atoms with van der Waals surface area (Å²) >= 11 is 0. The van der Waals surface area contributed by atoms with Gasteiger partial charge in [0.25, 0.3) is 5.56 Å². The molecule has 6 aromatic rings. The first-order valence-electron chi connectivity index (χ1n) is 13.7. The SMILES string of the molecule is COC(=O)Cn1c(=O)n(-c2ccccc2)c(=O)c2c1nc(C(C)C)n2Cc1ccc(-c2ccccc2-c2nnn[nH]2)cc1. The number of esters is 1. The van der Waals surface area contributed by atoms with Gasteiger partial charge in [-0.05, 0) is 39.2 Å². The summed E-state index contributed by atoms with van der Waals surface area (Å²) in [5, 5.41) is 14.3. The van der Waals surface area contributed by atoms with Gasteiger partial charge >= 0.3 is 11.7 Å². The molecule has 0 aliphatic heterocycles. The predicted octanol–water partition coefficient (Wildman–Crippen LogP) is 3.54. The van der Waals surface area contributed by atoms with Crippen molar-refractivity contribution in [2.24, 2.45) is 0 Å². The Morgan fingerprint density at radius 3 is 2.26 bits per heavy atom. The molecule has 0 amide bonds. The molecule has 0 saturated heterocycles. The number of methoxy groups -OCH3 is 1. The van der Waals surface area contributed by atoms with Crippen LogP contribution in [0.15, 0.2) is 88.5 Å². The fraction of sp³-hybridized carbons (Fsp3) is 0.194. The van der Waals surface area contributed by atoms with Crippen LogP contribution in [-0.4, -0.2) is 52.4 Å². The van der Waals surface area contributed by atoms with Crippen LogP contribution in [-0.2, 0) is 22.6 Å². The molecule has 0 radical (unpaired) electrons. The second-order valence-corrected chi connectivity index (χ2v) is 10.3. The van der Waals surface area contributed by atoms with Crippen LogP contribution in [0.25, 0.3) is 39.4 Å². The number of nitrogens with one attached hydrogen (secondary N) is 1. The Morgan fingerprint density at radius 2 is 1.60 bits per heavy atom. The van der Waals surface area contributed by atoms with Crippen molar-refractivity contribution in [1.82, 2.24) is 39.3 Å². The normalized spacial score (nSPS) is 11.3. The number of tetrazole rings is 1. The largest absolute Gasteiger partial charge is 0.468 e. The average molecular weight is 577 g/mol. The van der Waals surface area contributed by atoms with Crippen molar-refractivity contribution in [1.29, 1.82) is 0 Å². The minimum atomic E-state index is -0.668. The first-order chi connectivity index (χ1) is 20.9. The minimum Gasteiger partial charge on any atom is -0.468 e. The van der Waals surface area contributed by atoms with E-state index < -0.39 is 17.2 Å². The topological polar surface area (TPSA) is 143 Å². The first-order valence-corrected chi connectivity index (χ1v) is 13.7. The molecule has 0 aliphatic carbocycles. The molecule has 3 heterocycles. The molecule has 0 fully saturated rings. The van der Waals surface area contributed by atoms with Crippen LogP contribution in [0.4, 0.5) is 0 Å². The van der Waals surface area contributed by atoms with Gasteiger partial charge in [-0.2, -0.15) is 0 Å². The van der Waals surface area contributed by atoms with Crippen LogP contribution in [0.2, 0.25) is 0 Å². The number of H-pyrrole nitrogens is 1. The highest BCUT2D eigenvalue weighted by atomic mass is 16.5. The van der Waals surface area contributed by atoms with Gasteiger partial charge < -0.3 is 9.30 Å². The van der Waals surface area contributed by atoms with Gasteiger partial charge in [0.15, 0.2) is 17.0 Å². The summed E-state index contributed by atoms with van der Waals surface area (Å²) in [6.45, 7) is 3.86. The number of rotatable bonds is 8. The standard InChI is InChI=1S/C31H28N8O4/c1-19(2)28-32-29-26(30(41)39(22-9-5-4-6-10-22)31(42)38(29)18-25(40)43-3)37(28)17-20-13-15-21(16-14-20)23-11-7-8-12-24(23)27-33-35-36-34-27/h4-16,19H,17-18H2,1-3H3,(H,33,34,35,36). The molecule has 0 unspecified atom stereocenters. The van der Waals surface area contributed by atoms with Gasteiger partial charge in [-0.1, -0.05) is 80.6 Å². The Bertz CT molecular complexity index is 2040. The lowest BCUT2D eigenvalue weighted by Gasteiger charge is -2.14. The van der Waals surface area contributed by atoms with Gasteiger partial charge in [0.1, 0.15) is 12.4 Å². The van der Waals surface area contributed by atoms with E-state index in [9.17, 15) is 14.4 Å². The van der Waals surface area contributed by atoms with Crippen molar-refractivity contribution in [3.05, 3.63) is 111 Å². The zero-order valence-electron chi connectivity index (χ0n) is 23.8. The van der Waals surface area contributed by atoms with E-state index in [1.165, 1.54) is 11.7 Å². The van der Waals surface area contributed by atoms with E-state index in [-0.39, 0.29) is 23.6 Å². The molecule has 216 valence electrons. The van der Waals surface area contributed by atoms with E-state index in [4.69, 9.17) is 9.72 Å². The maximum Gasteiger partial charge on any atom is 0.337 e. The van der Waals surface area contributed by atoms with Crippen molar-refractivity contribution in [2.75, 3.05) is 7.11 Å². The summed E-state index contributed by atoms with van der Waals surface area (Å²) in [5.74, 6) is 0.474. The third-order valence-electron chi connectivity index (χ3n) is 7.24. The number of fused-ring (bicyclic) bond motifs is 1. The first kappa shape index (κ1) is 27.5. The Hall–Kier alpha value is -5.65. The molecule has 43 heavy (non-hydrogen) atoms. The number of para-hydroxylation sites is 1. The van der Waals surface area contributed by atoms with Crippen LogP contribution < -0.4 is 11.2 Å². The molecule has 1 N–H and O–H groups in total. The van der Waals surface area contributed by atoms with Crippen LogP contribution in [0.3, 0.4) is 0 Å². The monoisotopic (exact) mass is 576 g/mol. The van der Waals surface area contributed by atoms with Crippen molar-refractivity contribution >= 4 is 17.1 Å². The number of ether oxygens (including phenoxy) is 1. The molecule has 12 nitrogen and oxygen atoms in total. The van der Waals surface area contributed by atoms with E-state index in [1.54, 1.807) is 30.3 Å². The molecule has 0 bridgehead atoms. The van der Waals surface area contributed by atoms with Crippen LogP contribution in [0, 0.1) is 0 Å². The lowest BCUT2D eigenvalue weighted by atomic mass is 9.98. The van der Waals surface area contributed by atoms with E-state index in [1.807, 2.05) is 66.9 Å². The molecular weight excluding hydrogens is 548 g/mol. The van der Waals surface area contributed by atoms with Crippen molar-refractivity contribution < 1.29 is 9.53 Å². The zero-order chi connectivity index (χ0) is 30.1. The molecule has 0 spiro atoms. The highest BCUT2D eigenvalue weighted by Crippen LogP contribution is 2.30. The third-order valence-corrected chi connectivity index (χ3v) is 7.24. The summed E-state index contributed by atoms with van der Waals surface area (Å²) in [5.41, 5.74) is 3.28. The number of benzene rings is 3. The molecule has 12 heteroatoms. The maximum atomic E-state index is 14.0. The van der Waals surface area contributed by atoms with E-state index in [2.05, 4.69) is 20.6 Å². The molecule has 0 atom stereocenters. The highest BCUT2D eigenvalue weighted by Gasteiger charge is 2.25. The molecule has 6 rings (SSSR count). The molecular formula is C31H28N8O4. The van der Waals surface area contributed by atoms with E-state index in [0.29, 0.717) is 23.9 Å². The number of hydrogen-bond acceptors (Lipinski definition) is 8. The Kier molecular flexibility index (Phi) is 7.24. The van der Waals surface area contributed by atoms with E-state index in [0.717, 1.165) is 26.8 Å². The Morgan fingerprint density at radius 1 is 0.907 bits per heavy atom. The Balaban J connectivity index is 1.49. The maximum absolute atomic E-state index is 14.0. The van der Waals surface area contributed by atoms with Gasteiger partial charge in [0.2, 0.25) is 0 Å². The summed E-state index contributed by atoms with van der Waals surface area (Å²) in [4.78, 5) is 44.8. The molecule has 0 aliphatic rings. The average Bonchev–Trinajstić information content (AvgIpc) is 3.69. The number of carbonyl (C=O) groups excluding carboxylic acids is 1. The van der Waals surface area contributed by atoms with Crippen LogP contribution >= 0.6 is 0 Å². The summed E-state index contributed by atoms with van der Waals surface area (Å²) in [6, 6.07) is 24.4. The number of hydrogen-bond donors (Lipinski definition) is 1. The lowest BCUT2D eigenvalue weighted by molar-refractivity contribution is -0.141. The minimum absolute atomic E-state index is 0.0830. The number of carbonyl (C=O) groups is 1. The number of aromatic amines is 1. The van der Waals surface area contributed by atoms with Gasteiger partial charge in [0, 0.05) is 18.0 Å². The Labute approximate surface area is 245 Å². The quantitative estimate of drug-likeness (QED) is 0.271. The van der Waals surface area contributed by atoms with Crippen molar-refractivity contribution in [2.45, 2.75) is 32.9 Å². The van der Waals surface area contributed by atoms with Gasteiger partial charge in [-0.3, -0.25) is 14.2 Å². The fourth-order valence-corrected chi connectivity index (χ4v) is 5.19. The smallest absolute Gasteiger partial charge is 0.337 e. The van der Waals surface area contributed by atoms with E-state index >= 15 is 0 Å². The van der Waals surface area contributed by atoms with Gasteiger partial charge in [-0.25, -0.2) is 19.4 Å².